The number of fused-ring (bicyclic) bond motifs is 1. The maximum Gasteiger partial charge on any atom is 0.272 e. The Morgan fingerprint density at radius 3 is 2.60 bits per heavy atom. The standard InChI is InChI=1S/C21H23FN4O2S2/c1-2-8-26-20(28)19-17(7-13-29-19)23-21(26)30-14-18(27)25-11-9-24(10-12-25)16-5-3-15(22)4-6-16/h3-7,13H,2,8-12,14H2,1H3. The fraction of sp³-hybridized carbons (Fsp3) is 0.381. The summed E-state index contributed by atoms with van der Waals surface area (Å²) in [6.07, 6.45) is 0.825. The molecule has 0 spiro atoms. The van der Waals surface area contributed by atoms with Crippen LogP contribution in [-0.4, -0.2) is 52.3 Å². The molecule has 0 unspecified atom stereocenters. The quantitative estimate of drug-likeness (QED) is 0.429. The molecule has 1 aromatic carbocycles. The van der Waals surface area contributed by atoms with Gasteiger partial charge in [-0.15, -0.1) is 11.3 Å². The third-order valence-corrected chi connectivity index (χ3v) is 6.98. The summed E-state index contributed by atoms with van der Waals surface area (Å²) < 4.78 is 15.5. The highest BCUT2D eigenvalue weighted by molar-refractivity contribution is 7.99. The van der Waals surface area contributed by atoms with Crippen molar-refractivity contribution in [1.82, 2.24) is 14.5 Å². The van der Waals surface area contributed by atoms with E-state index in [1.807, 2.05) is 23.3 Å². The number of amides is 1. The van der Waals surface area contributed by atoms with Crippen molar-refractivity contribution < 1.29 is 9.18 Å². The lowest BCUT2D eigenvalue weighted by Crippen LogP contribution is -2.49. The van der Waals surface area contributed by atoms with E-state index in [2.05, 4.69) is 9.88 Å². The second kappa shape index (κ2) is 9.18. The fourth-order valence-corrected chi connectivity index (χ4v) is 5.24. The zero-order valence-corrected chi connectivity index (χ0v) is 18.3. The average molecular weight is 447 g/mol. The number of thioether (sulfide) groups is 1. The summed E-state index contributed by atoms with van der Waals surface area (Å²) in [4.78, 5) is 34.1. The first-order chi connectivity index (χ1) is 14.6. The van der Waals surface area contributed by atoms with E-state index in [9.17, 15) is 14.0 Å². The molecular formula is C21H23FN4O2S2. The molecule has 0 bridgehead atoms. The molecule has 0 N–H and O–H groups in total. The number of halogens is 1. The molecule has 0 saturated carbocycles. The van der Waals surface area contributed by atoms with Crippen LogP contribution >= 0.6 is 23.1 Å². The average Bonchev–Trinajstić information content (AvgIpc) is 3.24. The molecule has 1 aliphatic heterocycles. The van der Waals surface area contributed by atoms with Crippen LogP contribution < -0.4 is 10.5 Å². The van der Waals surface area contributed by atoms with Crippen LogP contribution in [0.1, 0.15) is 13.3 Å². The smallest absolute Gasteiger partial charge is 0.272 e. The predicted octanol–water partition coefficient (Wildman–Crippen LogP) is 3.45. The second-order valence-corrected chi connectivity index (χ2v) is 8.98. The van der Waals surface area contributed by atoms with Crippen LogP contribution in [0.5, 0.6) is 0 Å². The van der Waals surface area contributed by atoms with Gasteiger partial charge < -0.3 is 9.80 Å². The Balaban J connectivity index is 1.39. The minimum Gasteiger partial charge on any atom is -0.368 e. The Morgan fingerprint density at radius 1 is 1.17 bits per heavy atom. The predicted molar refractivity (Wildman–Crippen MR) is 120 cm³/mol. The largest absolute Gasteiger partial charge is 0.368 e. The Morgan fingerprint density at radius 2 is 1.90 bits per heavy atom. The van der Waals surface area contributed by atoms with Crippen molar-refractivity contribution in [3.63, 3.8) is 0 Å². The minimum absolute atomic E-state index is 0.0280. The van der Waals surface area contributed by atoms with E-state index in [1.165, 1.54) is 35.2 Å². The number of thiophene rings is 1. The summed E-state index contributed by atoms with van der Waals surface area (Å²) in [5.41, 5.74) is 1.63. The zero-order valence-electron chi connectivity index (χ0n) is 16.7. The van der Waals surface area contributed by atoms with Gasteiger partial charge in [0.15, 0.2) is 5.16 Å². The van der Waals surface area contributed by atoms with E-state index in [4.69, 9.17) is 0 Å². The van der Waals surface area contributed by atoms with Crippen LogP contribution in [0.4, 0.5) is 10.1 Å². The van der Waals surface area contributed by atoms with E-state index in [1.54, 1.807) is 16.7 Å². The Kier molecular flexibility index (Phi) is 6.38. The van der Waals surface area contributed by atoms with E-state index in [0.29, 0.717) is 48.1 Å². The van der Waals surface area contributed by atoms with Crippen LogP contribution in [-0.2, 0) is 11.3 Å². The van der Waals surface area contributed by atoms with Crippen molar-refractivity contribution in [2.75, 3.05) is 36.8 Å². The van der Waals surface area contributed by atoms with Crippen LogP contribution in [0, 0.1) is 5.82 Å². The van der Waals surface area contributed by atoms with Gasteiger partial charge in [-0.25, -0.2) is 9.37 Å². The lowest BCUT2D eigenvalue weighted by atomic mass is 10.2. The number of rotatable bonds is 6. The molecule has 0 atom stereocenters. The molecule has 2 aromatic heterocycles. The first-order valence-electron chi connectivity index (χ1n) is 9.96. The van der Waals surface area contributed by atoms with Crippen LogP contribution in [0.25, 0.3) is 10.2 Å². The Hall–Kier alpha value is -2.39. The van der Waals surface area contributed by atoms with Gasteiger partial charge in [0.05, 0.1) is 11.3 Å². The fourth-order valence-electron chi connectivity index (χ4n) is 3.54. The van der Waals surface area contributed by atoms with Crippen molar-refractivity contribution >= 4 is 44.9 Å². The molecule has 158 valence electrons. The number of hydrogen-bond acceptors (Lipinski definition) is 6. The normalized spacial score (nSPS) is 14.5. The molecule has 1 fully saturated rings. The molecule has 30 heavy (non-hydrogen) atoms. The topological polar surface area (TPSA) is 58.4 Å². The number of anilines is 1. The molecule has 3 heterocycles. The molecular weight excluding hydrogens is 423 g/mol. The lowest BCUT2D eigenvalue weighted by molar-refractivity contribution is -0.128. The van der Waals surface area contributed by atoms with E-state index >= 15 is 0 Å². The number of hydrogen-bond donors (Lipinski definition) is 0. The number of aromatic nitrogens is 2. The van der Waals surface area contributed by atoms with Gasteiger partial charge in [0.1, 0.15) is 10.5 Å². The third-order valence-electron chi connectivity index (χ3n) is 5.13. The van der Waals surface area contributed by atoms with E-state index < -0.39 is 0 Å². The van der Waals surface area contributed by atoms with Crippen molar-refractivity contribution in [2.45, 2.75) is 25.0 Å². The second-order valence-electron chi connectivity index (χ2n) is 7.12. The molecule has 3 aromatic rings. The van der Waals surface area contributed by atoms with Crippen molar-refractivity contribution in [2.24, 2.45) is 0 Å². The summed E-state index contributed by atoms with van der Waals surface area (Å²) in [6.45, 7) is 5.27. The molecule has 1 aliphatic rings. The first-order valence-corrected chi connectivity index (χ1v) is 11.8. The molecule has 1 saturated heterocycles. The highest BCUT2D eigenvalue weighted by atomic mass is 32.2. The SMILES string of the molecule is CCCn1c(SCC(=O)N2CCN(c3ccc(F)cc3)CC2)nc2ccsc2c1=O. The minimum atomic E-state index is -0.250. The molecule has 9 heteroatoms. The van der Waals surface area contributed by atoms with Gasteiger partial charge >= 0.3 is 0 Å². The van der Waals surface area contributed by atoms with Gasteiger partial charge in [0.2, 0.25) is 5.91 Å². The van der Waals surface area contributed by atoms with Crippen molar-refractivity contribution in [3.8, 4) is 0 Å². The van der Waals surface area contributed by atoms with Gasteiger partial charge in [-0.1, -0.05) is 18.7 Å². The summed E-state index contributed by atoms with van der Waals surface area (Å²) in [5, 5.41) is 2.47. The summed E-state index contributed by atoms with van der Waals surface area (Å²) in [6, 6.07) is 8.29. The summed E-state index contributed by atoms with van der Waals surface area (Å²) in [5.74, 6) is 0.0457. The van der Waals surface area contributed by atoms with E-state index in [0.717, 1.165) is 12.1 Å². The van der Waals surface area contributed by atoms with Gasteiger partial charge in [-0.3, -0.25) is 14.2 Å². The lowest BCUT2D eigenvalue weighted by Gasteiger charge is -2.36. The van der Waals surface area contributed by atoms with Gasteiger partial charge in [-0.05, 0) is 42.1 Å². The number of carbonyl (C=O) groups excluding carboxylic acids is 1. The number of nitrogens with zero attached hydrogens (tertiary/aromatic N) is 4. The maximum atomic E-state index is 13.1. The van der Waals surface area contributed by atoms with Crippen LogP contribution in [0.3, 0.4) is 0 Å². The zero-order chi connectivity index (χ0) is 21.1. The molecule has 6 nitrogen and oxygen atoms in total. The van der Waals surface area contributed by atoms with Gasteiger partial charge in [0.25, 0.3) is 5.56 Å². The maximum absolute atomic E-state index is 13.1. The highest BCUT2D eigenvalue weighted by Crippen LogP contribution is 2.22. The monoisotopic (exact) mass is 446 g/mol. The van der Waals surface area contributed by atoms with Crippen LogP contribution in [0.15, 0.2) is 45.7 Å². The number of carbonyl (C=O) groups is 1. The Bertz CT molecular complexity index is 1090. The number of piperazine rings is 1. The van der Waals surface area contributed by atoms with Gasteiger partial charge in [0, 0.05) is 38.4 Å². The Labute approximate surface area is 182 Å². The third kappa shape index (κ3) is 4.37. The highest BCUT2D eigenvalue weighted by Gasteiger charge is 2.22. The molecule has 1 amide bonds. The molecule has 4 rings (SSSR count). The summed E-state index contributed by atoms with van der Waals surface area (Å²) in [7, 11) is 0. The van der Waals surface area contributed by atoms with E-state index in [-0.39, 0.29) is 23.0 Å². The summed E-state index contributed by atoms with van der Waals surface area (Å²) >= 11 is 2.73. The van der Waals surface area contributed by atoms with Crippen molar-refractivity contribution in [1.29, 1.82) is 0 Å². The number of benzene rings is 1. The first kappa shape index (κ1) is 20.9. The van der Waals surface area contributed by atoms with Gasteiger partial charge in [-0.2, -0.15) is 0 Å². The molecule has 0 radical (unpaired) electrons. The van der Waals surface area contributed by atoms with Crippen LogP contribution in [0.2, 0.25) is 0 Å². The molecule has 0 aliphatic carbocycles. The van der Waals surface area contributed by atoms with Crippen molar-refractivity contribution in [3.05, 3.63) is 51.9 Å².